The van der Waals surface area contributed by atoms with E-state index >= 15 is 0 Å². The highest BCUT2D eigenvalue weighted by Crippen LogP contribution is 2.58. The van der Waals surface area contributed by atoms with Crippen molar-refractivity contribution in [3.05, 3.63) is 107 Å². The summed E-state index contributed by atoms with van der Waals surface area (Å²) in [5.74, 6) is 0. The zero-order valence-electron chi connectivity index (χ0n) is 21.7. The van der Waals surface area contributed by atoms with Crippen LogP contribution in [0.1, 0.15) is 44.5 Å². The lowest BCUT2D eigenvalue weighted by Gasteiger charge is -2.38. The molecule has 1 atom stereocenters. The van der Waals surface area contributed by atoms with E-state index in [1.54, 1.807) is 11.3 Å². The molecule has 1 aromatic heterocycles. The molecule has 3 aromatic carbocycles. The van der Waals surface area contributed by atoms with E-state index in [0.717, 1.165) is 16.9 Å². The van der Waals surface area contributed by atoms with E-state index in [0.29, 0.717) is 0 Å². The van der Waals surface area contributed by atoms with Crippen molar-refractivity contribution in [3.63, 3.8) is 0 Å². The summed E-state index contributed by atoms with van der Waals surface area (Å²) in [5.41, 5.74) is 1.15. The van der Waals surface area contributed by atoms with Gasteiger partial charge in [0.1, 0.15) is 34.3 Å². The second-order valence-corrected chi connectivity index (χ2v) is 19.8. The van der Waals surface area contributed by atoms with Crippen LogP contribution in [-0.2, 0) is 10.6 Å². The Morgan fingerprint density at radius 3 is 1.63 bits per heavy atom. The lowest BCUT2D eigenvalue weighted by atomic mass is 10.2. The first-order valence-corrected chi connectivity index (χ1v) is 18.1. The van der Waals surface area contributed by atoms with Gasteiger partial charge in [0.05, 0.1) is 11.8 Å². The van der Waals surface area contributed by atoms with Gasteiger partial charge in [0.2, 0.25) is 0 Å². The third-order valence-corrected chi connectivity index (χ3v) is 17.1. The fraction of sp³-hybridized carbons (Fsp3) is 0.300. The van der Waals surface area contributed by atoms with E-state index < -0.39 is 15.6 Å². The van der Waals surface area contributed by atoms with Crippen molar-refractivity contribution in [3.8, 4) is 0 Å². The third kappa shape index (κ3) is 5.52. The van der Waals surface area contributed by atoms with Gasteiger partial charge in [0.25, 0.3) is 0 Å². The number of hydrogen-bond donors (Lipinski definition) is 0. The molecule has 1 heterocycles. The molecule has 2 nitrogen and oxygen atoms in total. The van der Waals surface area contributed by atoms with Gasteiger partial charge in [0.15, 0.2) is 8.32 Å². The Kier molecular flexibility index (Phi) is 7.78. The molecular formula is C30H37NOPSSi+. The molecular weight excluding hydrogens is 481 g/mol. The summed E-state index contributed by atoms with van der Waals surface area (Å²) in [6, 6.07) is 33.1. The number of hydrogen-bond acceptors (Lipinski definition) is 3. The molecule has 0 N–H and O–H groups in total. The molecule has 35 heavy (non-hydrogen) atoms. The zero-order valence-corrected chi connectivity index (χ0v) is 24.4. The van der Waals surface area contributed by atoms with Crippen LogP contribution in [0.5, 0.6) is 0 Å². The Morgan fingerprint density at radius 1 is 0.800 bits per heavy atom. The summed E-state index contributed by atoms with van der Waals surface area (Å²) in [7, 11) is -3.82. The standard InChI is InChI=1S/C30H37NOPSSi/c1-24(32-35(5,6)30(2,3)4)29-31-25(23-34-29)22-33(26-16-10-7-11-17-26,27-18-12-8-13-19-27)28-20-14-9-15-21-28/h7-21,23-24H,22H2,1-6H3/q+1/t24-/m0/s1. The Hall–Kier alpha value is -2.10. The molecule has 182 valence electrons. The van der Waals surface area contributed by atoms with Crippen LogP contribution < -0.4 is 15.9 Å². The topological polar surface area (TPSA) is 22.1 Å². The molecule has 0 fully saturated rings. The van der Waals surface area contributed by atoms with Gasteiger partial charge in [-0.2, -0.15) is 0 Å². The van der Waals surface area contributed by atoms with Crippen molar-refractivity contribution >= 4 is 42.8 Å². The fourth-order valence-electron chi connectivity index (χ4n) is 4.26. The second kappa shape index (κ2) is 10.5. The third-order valence-electron chi connectivity index (χ3n) is 7.18. The van der Waals surface area contributed by atoms with Crippen molar-refractivity contribution < 1.29 is 4.43 Å². The summed E-state index contributed by atoms with van der Waals surface area (Å²) < 4.78 is 6.68. The maximum Gasteiger partial charge on any atom is 0.193 e. The Labute approximate surface area is 216 Å². The summed E-state index contributed by atoms with van der Waals surface area (Å²) in [5, 5.41) is 7.67. The van der Waals surface area contributed by atoms with Crippen molar-refractivity contribution in [1.29, 1.82) is 0 Å². The van der Waals surface area contributed by atoms with Crippen LogP contribution >= 0.6 is 18.6 Å². The summed E-state index contributed by atoms with van der Waals surface area (Å²) >= 11 is 1.74. The predicted octanol–water partition coefficient (Wildman–Crippen LogP) is 7.72. The van der Waals surface area contributed by atoms with Gasteiger partial charge in [-0.25, -0.2) is 4.98 Å². The fourth-order valence-corrected chi connectivity index (χ4v) is 10.8. The molecule has 0 amide bonds. The first-order valence-electron chi connectivity index (χ1n) is 12.3. The second-order valence-electron chi connectivity index (χ2n) is 10.7. The molecule has 5 heteroatoms. The van der Waals surface area contributed by atoms with Gasteiger partial charge >= 0.3 is 0 Å². The monoisotopic (exact) mass is 518 g/mol. The average Bonchev–Trinajstić information content (AvgIpc) is 3.32. The first kappa shape index (κ1) is 26.0. The maximum atomic E-state index is 6.68. The molecule has 4 rings (SSSR count). The van der Waals surface area contributed by atoms with Crippen LogP contribution in [0.25, 0.3) is 0 Å². The number of aromatic nitrogens is 1. The number of thiazole rings is 1. The highest BCUT2D eigenvalue weighted by Gasteiger charge is 2.46. The number of rotatable bonds is 8. The van der Waals surface area contributed by atoms with Gasteiger partial charge in [0, 0.05) is 5.38 Å². The molecule has 0 saturated carbocycles. The van der Waals surface area contributed by atoms with Crippen molar-refractivity contribution in [2.75, 3.05) is 0 Å². The van der Waals surface area contributed by atoms with Gasteiger partial charge in [-0.3, -0.25) is 0 Å². The van der Waals surface area contributed by atoms with Crippen LogP contribution in [0.15, 0.2) is 96.4 Å². The van der Waals surface area contributed by atoms with Gasteiger partial charge in [-0.1, -0.05) is 75.4 Å². The lowest BCUT2D eigenvalue weighted by molar-refractivity contribution is 0.202. The predicted molar refractivity (Wildman–Crippen MR) is 158 cm³/mol. The Bertz CT molecular complexity index is 1120. The van der Waals surface area contributed by atoms with Crippen LogP contribution in [0.2, 0.25) is 18.1 Å². The SMILES string of the molecule is C[C@H](O[Si](C)(C)C(C)(C)C)c1nc(C[P+](c2ccccc2)(c2ccccc2)c2ccccc2)cs1. The smallest absolute Gasteiger partial charge is 0.193 e. The van der Waals surface area contributed by atoms with Gasteiger partial charge in [-0.15, -0.1) is 11.3 Å². The van der Waals surface area contributed by atoms with Gasteiger partial charge in [-0.05, 0) is 61.5 Å². The summed E-state index contributed by atoms with van der Waals surface area (Å²) in [6.07, 6.45) is 0.904. The van der Waals surface area contributed by atoms with Gasteiger partial charge < -0.3 is 4.43 Å². The minimum absolute atomic E-state index is 0.00699. The minimum atomic E-state index is -1.95. The Balaban J connectivity index is 1.77. The normalized spacial score (nSPS) is 13.5. The van der Waals surface area contributed by atoms with Crippen molar-refractivity contribution in [2.45, 2.75) is 58.1 Å². The molecule has 0 spiro atoms. The maximum absolute atomic E-state index is 6.68. The van der Waals surface area contributed by atoms with E-state index in [9.17, 15) is 0 Å². The molecule has 0 radical (unpaired) electrons. The highest BCUT2D eigenvalue weighted by atomic mass is 32.1. The number of benzene rings is 3. The van der Waals surface area contributed by atoms with E-state index in [-0.39, 0.29) is 11.1 Å². The van der Waals surface area contributed by atoms with Crippen LogP contribution in [0.4, 0.5) is 0 Å². The highest BCUT2D eigenvalue weighted by molar-refractivity contribution is 7.95. The molecule has 0 unspecified atom stereocenters. The zero-order chi connectivity index (χ0) is 25.1. The molecule has 0 aliphatic carbocycles. The molecule has 0 saturated heterocycles. The average molecular weight is 519 g/mol. The molecule has 0 aliphatic rings. The van der Waals surface area contributed by atoms with Crippen molar-refractivity contribution in [2.24, 2.45) is 0 Å². The van der Waals surface area contributed by atoms with E-state index in [1.165, 1.54) is 15.9 Å². The Morgan fingerprint density at radius 2 is 1.23 bits per heavy atom. The molecule has 0 bridgehead atoms. The lowest BCUT2D eigenvalue weighted by Crippen LogP contribution is -2.41. The molecule has 0 aliphatic heterocycles. The molecule has 4 aromatic rings. The van der Waals surface area contributed by atoms with Crippen LogP contribution in [0.3, 0.4) is 0 Å². The summed E-state index contributed by atoms with van der Waals surface area (Å²) in [6.45, 7) is 13.7. The number of nitrogens with zero attached hydrogens (tertiary/aromatic N) is 1. The quantitative estimate of drug-likeness (QED) is 0.176. The minimum Gasteiger partial charge on any atom is -0.408 e. The van der Waals surface area contributed by atoms with E-state index in [2.05, 4.69) is 137 Å². The largest absolute Gasteiger partial charge is 0.408 e. The summed E-state index contributed by atoms with van der Waals surface area (Å²) in [4.78, 5) is 5.18. The van der Waals surface area contributed by atoms with E-state index in [4.69, 9.17) is 9.41 Å². The van der Waals surface area contributed by atoms with Crippen LogP contribution in [-0.4, -0.2) is 13.3 Å². The van der Waals surface area contributed by atoms with Crippen molar-refractivity contribution in [1.82, 2.24) is 4.98 Å². The van der Waals surface area contributed by atoms with Crippen LogP contribution in [0, 0.1) is 0 Å². The van der Waals surface area contributed by atoms with E-state index in [1.807, 2.05) is 0 Å². The first-order chi connectivity index (χ1) is 16.6.